The molecule has 1 amide bonds. The molecule has 1 unspecified atom stereocenters. The maximum absolute atomic E-state index is 12.8. The summed E-state index contributed by atoms with van der Waals surface area (Å²) < 4.78 is 0. The van der Waals surface area contributed by atoms with Crippen molar-refractivity contribution in [3.05, 3.63) is 28.1 Å². The SMILES string of the molecule is Cc1nc(-c2cccs2)sc1C(=O)N1CCCCC1CN.Cl.Cl. The van der Waals surface area contributed by atoms with Crippen LogP contribution in [0.4, 0.5) is 0 Å². The van der Waals surface area contributed by atoms with Gasteiger partial charge in [-0.2, -0.15) is 0 Å². The van der Waals surface area contributed by atoms with Crippen molar-refractivity contribution in [2.45, 2.75) is 32.2 Å². The second-order valence-electron chi connectivity index (χ2n) is 5.29. The van der Waals surface area contributed by atoms with Gasteiger partial charge >= 0.3 is 0 Å². The van der Waals surface area contributed by atoms with Crippen LogP contribution in [0.25, 0.3) is 9.88 Å². The maximum Gasteiger partial charge on any atom is 0.266 e. The van der Waals surface area contributed by atoms with E-state index in [2.05, 4.69) is 4.98 Å². The Morgan fingerprint density at radius 2 is 2.22 bits per heavy atom. The van der Waals surface area contributed by atoms with Crippen molar-refractivity contribution in [1.29, 1.82) is 0 Å². The molecule has 2 N–H and O–H groups in total. The fraction of sp³-hybridized carbons (Fsp3) is 0.467. The van der Waals surface area contributed by atoms with E-state index in [-0.39, 0.29) is 36.8 Å². The summed E-state index contributed by atoms with van der Waals surface area (Å²) in [7, 11) is 0. The van der Waals surface area contributed by atoms with Gasteiger partial charge in [0.2, 0.25) is 0 Å². The van der Waals surface area contributed by atoms with Crippen molar-refractivity contribution in [3.63, 3.8) is 0 Å². The first-order valence-corrected chi connectivity index (χ1v) is 8.92. The van der Waals surface area contributed by atoms with Crippen molar-refractivity contribution in [2.75, 3.05) is 13.1 Å². The van der Waals surface area contributed by atoms with E-state index in [1.54, 1.807) is 11.3 Å². The van der Waals surface area contributed by atoms with Crippen LogP contribution in [0.3, 0.4) is 0 Å². The maximum atomic E-state index is 12.8. The van der Waals surface area contributed by atoms with Crippen LogP contribution in [0.1, 0.15) is 34.6 Å². The smallest absolute Gasteiger partial charge is 0.266 e. The summed E-state index contributed by atoms with van der Waals surface area (Å²) in [4.78, 5) is 21.2. The molecule has 3 rings (SSSR count). The van der Waals surface area contributed by atoms with Gasteiger partial charge < -0.3 is 10.6 Å². The van der Waals surface area contributed by atoms with Crippen LogP contribution in [0.15, 0.2) is 17.5 Å². The third-order valence-electron chi connectivity index (χ3n) is 3.88. The molecule has 2 aromatic heterocycles. The minimum absolute atomic E-state index is 0. The highest BCUT2D eigenvalue weighted by Crippen LogP contribution is 2.32. The number of hydrogen-bond donors (Lipinski definition) is 1. The molecule has 128 valence electrons. The highest BCUT2D eigenvalue weighted by molar-refractivity contribution is 7.22. The third-order valence-corrected chi connectivity index (χ3v) is 6.07. The Hall–Kier alpha value is -0.660. The Kier molecular flexibility index (Phi) is 7.97. The number of piperidine rings is 1. The van der Waals surface area contributed by atoms with E-state index < -0.39 is 0 Å². The fourth-order valence-electron chi connectivity index (χ4n) is 2.74. The number of carbonyl (C=O) groups is 1. The van der Waals surface area contributed by atoms with E-state index in [4.69, 9.17) is 5.73 Å². The first-order chi connectivity index (χ1) is 10.2. The monoisotopic (exact) mass is 393 g/mol. The number of likely N-dealkylation sites (tertiary alicyclic amines) is 1. The first kappa shape index (κ1) is 20.4. The predicted octanol–water partition coefficient (Wildman–Crippen LogP) is 3.98. The van der Waals surface area contributed by atoms with Crippen molar-refractivity contribution in [1.82, 2.24) is 9.88 Å². The van der Waals surface area contributed by atoms with E-state index in [9.17, 15) is 4.79 Å². The molecule has 1 saturated heterocycles. The number of rotatable bonds is 3. The number of thiophene rings is 1. The molecule has 1 aliphatic rings. The van der Waals surface area contributed by atoms with Gasteiger partial charge in [0.05, 0.1) is 10.6 Å². The minimum atomic E-state index is 0. The number of nitrogens with two attached hydrogens (primary N) is 1. The van der Waals surface area contributed by atoms with Crippen LogP contribution in [0, 0.1) is 6.92 Å². The molecular weight excluding hydrogens is 373 g/mol. The van der Waals surface area contributed by atoms with Gasteiger partial charge in [-0.3, -0.25) is 4.79 Å². The van der Waals surface area contributed by atoms with E-state index in [0.29, 0.717) is 6.54 Å². The number of thiazole rings is 1. The van der Waals surface area contributed by atoms with Crippen LogP contribution < -0.4 is 5.73 Å². The van der Waals surface area contributed by atoms with Gasteiger partial charge in [-0.1, -0.05) is 6.07 Å². The highest BCUT2D eigenvalue weighted by Gasteiger charge is 2.29. The van der Waals surface area contributed by atoms with Crippen LogP contribution in [-0.4, -0.2) is 34.9 Å². The zero-order chi connectivity index (χ0) is 14.8. The van der Waals surface area contributed by atoms with Gasteiger partial charge in [-0.25, -0.2) is 4.98 Å². The van der Waals surface area contributed by atoms with Crippen molar-refractivity contribution in [2.24, 2.45) is 5.73 Å². The number of carbonyl (C=O) groups excluding carboxylic acids is 1. The van der Waals surface area contributed by atoms with Crippen LogP contribution in [0.5, 0.6) is 0 Å². The lowest BCUT2D eigenvalue weighted by atomic mass is 10.0. The summed E-state index contributed by atoms with van der Waals surface area (Å²) in [6, 6.07) is 4.23. The molecule has 4 nitrogen and oxygen atoms in total. The molecular formula is C15H21Cl2N3OS2. The largest absolute Gasteiger partial charge is 0.334 e. The van der Waals surface area contributed by atoms with Gasteiger partial charge in [0.25, 0.3) is 5.91 Å². The summed E-state index contributed by atoms with van der Waals surface area (Å²) >= 11 is 3.15. The second-order valence-corrected chi connectivity index (χ2v) is 7.24. The summed E-state index contributed by atoms with van der Waals surface area (Å²) in [6.07, 6.45) is 3.24. The molecule has 2 aromatic rings. The number of aromatic nitrogens is 1. The lowest BCUT2D eigenvalue weighted by molar-refractivity contribution is 0.0627. The molecule has 0 saturated carbocycles. The molecule has 1 atom stereocenters. The van der Waals surface area contributed by atoms with Crippen LogP contribution >= 0.6 is 47.5 Å². The van der Waals surface area contributed by atoms with E-state index in [1.165, 1.54) is 11.3 Å². The van der Waals surface area contributed by atoms with Crippen LogP contribution in [0.2, 0.25) is 0 Å². The molecule has 1 aliphatic heterocycles. The Morgan fingerprint density at radius 1 is 1.43 bits per heavy atom. The predicted molar refractivity (Wildman–Crippen MR) is 102 cm³/mol. The highest BCUT2D eigenvalue weighted by atomic mass is 35.5. The number of nitrogens with zero attached hydrogens (tertiary/aromatic N) is 2. The van der Waals surface area contributed by atoms with Crippen molar-refractivity contribution < 1.29 is 4.79 Å². The average molecular weight is 394 g/mol. The topological polar surface area (TPSA) is 59.2 Å². The molecule has 0 bridgehead atoms. The number of halogens is 2. The first-order valence-electron chi connectivity index (χ1n) is 7.23. The minimum Gasteiger partial charge on any atom is -0.334 e. The third kappa shape index (κ3) is 4.25. The molecule has 0 spiro atoms. The van der Waals surface area contributed by atoms with Gasteiger partial charge in [-0.15, -0.1) is 47.5 Å². The lowest BCUT2D eigenvalue weighted by Crippen LogP contribution is -2.47. The summed E-state index contributed by atoms with van der Waals surface area (Å²) in [6.45, 7) is 3.27. The Morgan fingerprint density at radius 3 is 2.87 bits per heavy atom. The normalized spacial score (nSPS) is 17.3. The van der Waals surface area contributed by atoms with Gasteiger partial charge in [0.1, 0.15) is 9.88 Å². The van der Waals surface area contributed by atoms with Gasteiger partial charge in [0, 0.05) is 19.1 Å². The number of amides is 1. The quantitative estimate of drug-likeness (QED) is 0.857. The van der Waals surface area contributed by atoms with E-state index in [1.807, 2.05) is 29.3 Å². The molecule has 0 aromatic carbocycles. The van der Waals surface area contributed by atoms with Crippen molar-refractivity contribution >= 4 is 53.4 Å². The standard InChI is InChI=1S/C15H19N3OS2.2ClH/c1-10-13(21-14(17-10)12-6-4-8-20-12)15(19)18-7-3-2-5-11(18)9-16;;/h4,6,8,11H,2-3,5,7,9,16H2,1H3;2*1H. The Balaban J connectivity index is 0.00000132. The molecule has 3 heterocycles. The van der Waals surface area contributed by atoms with Gasteiger partial charge in [-0.05, 0) is 37.6 Å². The summed E-state index contributed by atoms with van der Waals surface area (Å²) in [5, 5.41) is 2.97. The average Bonchev–Trinajstić information content (AvgIpc) is 3.15. The zero-order valence-corrected chi connectivity index (χ0v) is 16.1. The number of aryl methyl sites for hydroxylation is 1. The Bertz CT molecular complexity index is 631. The number of hydrogen-bond acceptors (Lipinski definition) is 5. The second kappa shape index (κ2) is 8.99. The fourth-order valence-corrected chi connectivity index (χ4v) is 4.56. The van der Waals surface area contributed by atoms with Crippen LogP contribution in [-0.2, 0) is 0 Å². The van der Waals surface area contributed by atoms with E-state index in [0.717, 1.165) is 46.3 Å². The zero-order valence-electron chi connectivity index (χ0n) is 12.9. The van der Waals surface area contributed by atoms with Gasteiger partial charge in [0.15, 0.2) is 0 Å². The summed E-state index contributed by atoms with van der Waals surface area (Å²) in [5.41, 5.74) is 6.65. The molecule has 23 heavy (non-hydrogen) atoms. The molecule has 8 heteroatoms. The molecule has 0 aliphatic carbocycles. The molecule has 1 fully saturated rings. The Labute approximate surface area is 156 Å². The molecule has 0 radical (unpaired) electrons. The van der Waals surface area contributed by atoms with Crippen molar-refractivity contribution in [3.8, 4) is 9.88 Å². The van der Waals surface area contributed by atoms with E-state index >= 15 is 0 Å². The summed E-state index contributed by atoms with van der Waals surface area (Å²) in [5.74, 6) is 0.1000. The lowest BCUT2D eigenvalue weighted by Gasteiger charge is -2.34.